The molecule has 0 aliphatic carbocycles. The van der Waals surface area contributed by atoms with Crippen LogP contribution in [0, 0.1) is 0 Å². The van der Waals surface area contributed by atoms with Gasteiger partial charge in [0.05, 0.1) is 25.4 Å². The maximum atomic E-state index is 13.3. The Morgan fingerprint density at radius 3 is 1.70 bits per heavy atom. The highest BCUT2D eigenvalue weighted by molar-refractivity contribution is 5.80. The molecule has 0 aromatic carbocycles. The van der Waals surface area contributed by atoms with Gasteiger partial charge in [0.1, 0.15) is 24.4 Å². The van der Waals surface area contributed by atoms with Gasteiger partial charge in [0.2, 0.25) is 5.91 Å². The van der Waals surface area contributed by atoms with Crippen molar-refractivity contribution in [1.82, 2.24) is 5.32 Å². The summed E-state index contributed by atoms with van der Waals surface area (Å²) in [5.74, 6) is -1.24. The first-order chi connectivity index (χ1) is 32.7. The predicted octanol–water partition coefficient (Wildman–Crippen LogP) is 11.3. The van der Waals surface area contributed by atoms with E-state index >= 15 is 0 Å². The Bertz CT molecular complexity index is 1360. The number of aliphatic hydroxyl groups excluding tert-OH is 5. The standard InChI is InChI=1S/C56H97NO10/c1-4-7-10-13-16-19-22-24-26-29-31-34-37-40-43-49(60)55(64)57-47(48(59)42-39-36-33-30-28-25-23-20-17-14-11-8-5-2)46-65-56-54(53(63)52(62)50(45-58)66-56)67-51(61)44-41-38-35-32-27-21-18-15-12-9-6-3/h7,10,13,15-16,18-19,22,24,26,39,42,47-50,52-54,56,58-60,62-63H,4-6,8-9,11-12,14,17,20-21,23,25,27-38,40-41,43-46H2,1-3H3,(H,57,64)/b10-7+,16-13+,18-15-,22-19+,26-24-,42-39+. The van der Waals surface area contributed by atoms with Gasteiger partial charge in [-0.2, -0.15) is 0 Å². The quantitative estimate of drug-likeness (QED) is 0.0149. The van der Waals surface area contributed by atoms with Gasteiger partial charge in [0.25, 0.3) is 0 Å². The Labute approximate surface area is 407 Å². The smallest absolute Gasteiger partial charge is 0.306 e. The monoisotopic (exact) mass is 944 g/mol. The summed E-state index contributed by atoms with van der Waals surface area (Å²) in [6.07, 6.45) is 43.8. The van der Waals surface area contributed by atoms with Gasteiger partial charge in [0, 0.05) is 6.42 Å². The Hall–Kier alpha value is -2.90. The van der Waals surface area contributed by atoms with Crippen LogP contribution in [-0.2, 0) is 23.8 Å². The van der Waals surface area contributed by atoms with Crippen molar-refractivity contribution < 1.29 is 49.3 Å². The minimum Gasteiger partial charge on any atom is -0.454 e. The van der Waals surface area contributed by atoms with E-state index < -0.39 is 67.4 Å². The van der Waals surface area contributed by atoms with Crippen LogP contribution in [0.25, 0.3) is 0 Å². The average Bonchev–Trinajstić information content (AvgIpc) is 3.32. The second kappa shape index (κ2) is 44.3. The lowest BCUT2D eigenvalue weighted by Crippen LogP contribution is -2.61. The summed E-state index contributed by atoms with van der Waals surface area (Å²) in [4.78, 5) is 26.3. The highest BCUT2D eigenvalue weighted by Crippen LogP contribution is 2.26. The number of ether oxygens (including phenoxy) is 3. The summed E-state index contributed by atoms with van der Waals surface area (Å²) in [6.45, 7) is 5.55. The van der Waals surface area contributed by atoms with Crippen molar-refractivity contribution in [2.24, 2.45) is 0 Å². The zero-order chi connectivity index (χ0) is 49.0. The zero-order valence-electron chi connectivity index (χ0n) is 42.2. The van der Waals surface area contributed by atoms with Crippen LogP contribution in [0.1, 0.15) is 207 Å². The molecule has 1 aliphatic rings. The van der Waals surface area contributed by atoms with Gasteiger partial charge in [0.15, 0.2) is 12.4 Å². The number of allylic oxidation sites excluding steroid dienone is 11. The largest absolute Gasteiger partial charge is 0.454 e. The van der Waals surface area contributed by atoms with Gasteiger partial charge < -0.3 is 45.1 Å². The molecule has 8 atom stereocenters. The van der Waals surface area contributed by atoms with E-state index in [9.17, 15) is 35.1 Å². The molecule has 1 saturated heterocycles. The first kappa shape index (κ1) is 62.1. The number of nitrogens with one attached hydrogen (secondary N) is 1. The molecule has 0 radical (unpaired) electrons. The van der Waals surface area contributed by atoms with E-state index in [1.54, 1.807) is 6.08 Å². The summed E-state index contributed by atoms with van der Waals surface area (Å²) in [7, 11) is 0. The SMILES string of the molecule is CC/C=C/C=C/C=C/C=C\CCCCCCC(O)C(=O)NC(COC1OC(CO)C(O)C(O)C1OC(=O)CCCCCCC/C=C\CCCC)C(O)/C=C/CCCCCCCCCCCCC. The van der Waals surface area contributed by atoms with Crippen LogP contribution in [0.4, 0.5) is 0 Å². The van der Waals surface area contributed by atoms with Gasteiger partial charge in [-0.05, 0) is 64.2 Å². The van der Waals surface area contributed by atoms with Crippen molar-refractivity contribution in [1.29, 1.82) is 0 Å². The number of amides is 1. The fourth-order valence-electron chi connectivity index (χ4n) is 7.88. The van der Waals surface area contributed by atoms with Gasteiger partial charge in [-0.1, -0.05) is 209 Å². The molecule has 1 heterocycles. The third-order valence-corrected chi connectivity index (χ3v) is 12.2. The molecule has 0 aromatic rings. The molecule has 0 aromatic heterocycles. The van der Waals surface area contributed by atoms with Crippen LogP contribution in [0.15, 0.2) is 72.9 Å². The third-order valence-electron chi connectivity index (χ3n) is 12.2. The van der Waals surface area contributed by atoms with E-state index in [2.05, 4.69) is 50.4 Å². The molecule has 1 rings (SSSR count). The van der Waals surface area contributed by atoms with E-state index in [0.29, 0.717) is 12.8 Å². The van der Waals surface area contributed by atoms with E-state index in [1.807, 2.05) is 42.5 Å². The number of hydrogen-bond acceptors (Lipinski definition) is 10. The number of unbranched alkanes of at least 4 members (excludes halogenated alkanes) is 22. The van der Waals surface area contributed by atoms with Gasteiger partial charge in [-0.15, -0.1) is 0 Å². The molecular formula is C56H97NO10. The fourth-order valence-corrected chi connectivity index (χ4v) is 7.88. The molecule has 6 N–H and O–H groups in total. The van der Waals surface area contributed by atoms with Crippen LogP contribution < -0.4 is 5.32 Å². The molecule has 1 amide bonds. The van der Waals surface area contributed by atoms with E-state index in [1.165, 1.54) is 70.6 Å². The van der Waals surface area contributed by atoms with Crippen LogP contribution in [0.2, 0.25) is 0 Å². The summed E-state index contributed by atoms with van der Waals surface area (Å²) in [5.41, 5.74) is 0. The highest BCUT2D eigenvalue weighted by atomic mass is 16.7. The molecule has 8 unspecified atom stereocenters. The van der Waals surface area contributed by atoms with Crippen molar-refractivity contribution >= 4 is 11.9 Å². The highest BCUT2D eigenvalue weighted by Gasteiger charge is 2.47. The third kappa shape index (κ3) is 33.3. The summed E-state index contributed by atoms with van der Waals surface area (Å²) >= 11 is 0. The van der Waals surface area contributed by atoms with Crippen molar-refractivity contribution in [2.75, 3.05) is 13.2 Å². The predicted molar refractivity (Wildman–Crippen MR) is 273 cm³/mol. The molecule has 67 heavy (non-hydrogen) atoms. The number of hydrogen-bond donors (Lipinski definition) is 6. The average molecular weight is 944 g/mol. The number of carbonyl (C=O) groups is 2. The molecule has 0 saturated carbocycles. The Balaban J connectivity index is 2.81. The first-order valence-electron chi connectivity index (χ1n) is 26.8. The van der Waals surface area contributed by atoms with Crippen LogP contribution in [-0.4, -0.2) is 99.6 Å². The molecule has 0 spiro atoms. The summed E-state index contributed by atoms with van der Waals surface area (Å²) in [5, 5.41) is 56.6. The normalized spacial score (nSPS) is 20.6. The maximum absolute atomic E-state index is 13.3. The molecule has 1 aliphatic heterocycles. The Kier molecular flexibility index (Phi) is 41.1. The van der Waals surface area contributed by atoms with Crippen molar-refractivity contribution in [3.63, 3.8) is 0 Å². The number of aliphatic hydroxyl groups is 5. The Morgan fingerprint density at radius 2 is 1.10 bits per heavy atom. The molecular weight excluding hydrogens is 847 g/mol. The van der Waals surface area contributed by atoms with Gasteiger partial charge >= 0.3 is 5.97 Å². The minimum absolute atomic E-state index is 0.107. The number of rotatable bonds is 43. The molecule has 1 fully saturated rings. The Morgan fingerprint density at radius 1 is 0.597 bits per heavy atom. The summed E-state index contributed by atoms with van der Waals surface area (Å²) in [6, 6.07) is -1.04. The lowest BCUT2D eigenvalue weighted by atomic mass is 9.99. The van der Waals surface area contributed by atoms with E-state index in [-0.39, 0.29) is 19.4 Å². The van der Waals surface area contributed by atoms with Crippen molar-refractivity contribution in [2.45, 2.75) is 256 Å². The van der Waals surface area contributed by atoms with Crippen molar-refractivity contribution in [3.05, 3.63) is 72.9 Å². The molecule has 386 valence electrons. The minimum atomic E-state index is -1.62. The lowest BCUT2D eigenvalue weighted by molar-refractivity contribution is -0.305. The first-order valence-corrected chi connectivity index (χ1v) is 26.8. The molecule has 11 heteroatoms. The van der Waals surface area contributed by atoms with Crippen LogP contribution in [0.5, 0.6) is 0 Å². The zero-order valence-corrected chi connectivity index (χ0v) is 42.2. The second-order valence-corrected chi connectivity index (χ2v) is 18.3. The van der Waals surface area contributed by atoms with Crippen LogP contribution >= 0.6 is 0 Å². The second-order valence-electron chi connectivity index (χ2n) is 18.3. The van der Waals surface area contributed by atoms with Gasteiger partial charge in [-0.3, -0.25) is 9.59 Å². The molecule has 11 nitrogen and oxygen atoms in total. The summed E-state index contributed by atoms with van der Waals surface area (Å²) < 4.78 is 17.5. The van der Waals surface area contributed by atoms with E-state index in [0.717, 1.165) is 89.9 Å². The van der Waals surface area contributed by atoms with Gasteiger partial charge in [-0.25, -0.2) is 0 Å². The van der Waals surface area contributed by atoms with Crippen LogP contribution in [0.3, 0.4) is 0 Å². The van der Waals surface area contributed by atoms with E-state index in [4.69, 9.17) is 14.2 Å². The maximum Gasteiger partial charge on any atom is 0.306 e. The topological polar surface area (TPSA) is 175 Å². The molecule has 0 bridgehead atoms. The lowest BCUT2D eigenvalue weighted by Gasteiger charge is -2.41. The number of esters is 1. The fraction of sp³-hybridized carbons (Fsp3) is 0.750. The number of carbonyl (C=O) groups excluding carboxylic acids is 2. The van der Waals surface area contributed by atoms with Crippen molar-refractivity contribution in [3.8, 4) is 0 Å².